The van der Waals surface area contributed by atoms with Crippen LogP contribution in [0.25, 0.3) is 0 Å². The zero-order valence-electron chi connectivity index (χ0n) is 14.7. The molecule has 7 heteroatoms. The number of benzene rings is 2. The molecule has 1 amide bonds. The Balaban J connectivity index is 2.04. The van der Waals surface area contributed by atoms with E-state index >= 15 is 0 Å². The minimum absolute atomic E-state index is 0.275. The SMILES string of the molecule is CCOc1ccccc1NC(=O)[C@@H](C)OC(=O)c1ccc(OC)cc1F. The van der Waals surface area contributed by atoms with Crippen molar-refractivity contribution in [2.75, 3.05) is 19.0 Å². The Morgan fingerprint density at radius 1 is 1.19 bits per heavy atom. The largest absolute Gasteiger partial charge is 0.497 e. The normalized spacial score (nSPS) is 11.4. The van der Waals surface area contributed by atoms with Gasteiger partial charge in [0.25, 0.3) is 5.91 Å². The summed E-state index contributed by atoms with van der Waals surface area (Å²) in [7, 11) is 1.39. The summed E-state index contributed by atoms with van der Waals surface area (Å²) >= 11 is 0. The first-order valence-electron chi connectivity index (χ1n) is 8.03. The second-order valence-electron chi connectivity index (χ2n) is 5.31. The third-order valence-electron chi connectivity index (χ3n) is 3.49. The Morgan fingerprint density at radius 2 is 1.92 bits per heavy atom. The summed E-state index contributed by atoms with van der Waals surface area (Å²) < 4.78 is 29.3. The minimum atomic E-state index is -1.13. The summed E-state index contributed by atoms with van der Waals surface area (Å²) in [6, 6.07) is 10.6. The number of ether oxygens (including phenoxy) is 3. The van der Waals surface area contributed by atoms with Crippen molar-refractivity contribution in [1.82, 2.24) is 0 Å². The number of halogens is 1. The van der Waals surface area contributed by atoms with E-state index in [0.717, 1.165) is 6.07 Å². The van der Waals surface area contributed by atoms with Crippen molar-refractivity contribution in [2.45, 2.75) is 20.0 Å². The molecule has 138 valence electrons. The van der Waals surface area contributed by atoms with Gasteiger partial charge in [-0.25, -0.2) is 9.18 Å². The molecule has 1 atom stereocenters. The Bertz CT molecular complexity index is 793. The molecule has 0 fully saturated rings. The van der Waals surface area contributed by atoms with E-state index in [9.17, 15) is 14.0 Å². The first kappa shape index (κ1) is 19.2. The minimum Gasteiger partial charge on any atom is -0.497 e. The van der Waals surface area contributed by atoms with Crippen LogP contribution in [0.5, 0.6) is 11.5 Å². The lowest BCUT2D eigenvalue weighted by molar-refractivity contribution is -0.123. The highest BCUT2D eigenvalue weighted by Crippen LogP contribution is 2.24. The molecule has 0 unspecified atom stereocenters. The molecule has 26 heavy (non-hydrogen) atoms. The lowest BCUT2D eigenvalue weighted by atomic mass is 10.2. The Labute approximate surface area is 150 Å². The molecule has 0 saturated carbocycles. The average molecular weight is 361 g/mol. The number of carbonyl (C=O) groups is 2. The number of nitrogens with one attached hydrogen (secondary N) is 1. The van der Waals surface area contributed by atoms with Gasteiger partial charge in [-0.3, -0.25) is 4.79 Å². The molecular weight excluding hydrogens is 341 g/mol. The van der Waals surface area contributed by atoms with Gasteiger partial charge in [-0.15, -0.1) is 0 Å². The van der Waals surface area contributed by atoms with Crippen LogP contribution >= 0.6 is 0 Å². The fourth-order valence-electron chi connectivity index (χ4n) is 2.15. The van der Waals surface area contributed by atoms with Gasteiger partial charge in [0.05, 0.1) is 25.0 Å². The van der Waals surface area contributed by atoms with Crippen LogP contribution in [0.2, 0.25) is 0 Å². The number of anilines is 1. The molecular formula is C19H20FNO5. The molecule has 2 aromatic carbocycles. The van der Waals surface area contributed by atoms with Crippen LogP contribution in [0, 0.1) is 5.82 Å². The summed E-state index contributed by atoms with van der Waals surface area (Å²) in [6.07, 6.45) is -1.13. The first-order valence-corrected chi connectivity index (χ1v) is 8.03. The molecule has 0 spiro atoms. The van der Waals surface area contributed by atoms with Crippen LogP contribution in [0.3, 0.4) is 0 Å². The number of methoxy groups -OCH3 is 1. The van der Waals surface area contributed by atoms with Crippen LogP contribution < -0.4 is 14.8 Å². The standard InChI is InChI=1S/C19H20FNO5/c1-4-25-17-8-6-5-7-16(17)21-18(22)12(2)26-19(23)14-10-9-13(24-3)11-15(14)20/h5-12H,4H2,1-3H3,(H,21,22)/t12-/m1/s1. The van der Waals surface area contributed by atoms with Crippen molar-refractivity contribution in [3.05, 3.63) is 53.8 Å². The second kappa shape index (κ2) is 8.84. The van der Waals surface area contributed by atoms with Crippen LogP contribution in [0.4, 0.5) is 10.1 Å². The van der Waals surface area contributed by atoms with Gasteiger partial charge in [-0.1, -0.05) is 12.1 Å². The lowest BCUT2D eigenvalue weighted by Gasteiger charge is -2.16. The summed E-state index contributed by atoms with van der Waals surface area (Å²) in [4.78, 5) is 24.4. The number of carbonyl (C=O) groups excluding carboxylic acids is 2. The molecule has 0 aliphatic carbocycles. The zero-order valence-corrected chi connectivity index (χ0v) is 14.7. The van der Waals surface area contributed by atoms with Gasteiger partial charge in [0, 0.05) is 6.07 Å². The van der Waals surface area contributed by atoms with Gasteiger partial charge in [0.2, 0.25) is 0 Å². The van der Waals surface area contributed by atoms with Crippen LogP contribution in [0.15, 0.2) is 42.5 Å². The third kappa shape index (κ3) is 4.72. The van der Waals surface area contributed by atoms with Gasteiger partial charge in [-0.05, 0) is 38.1 Å². The van der Waals surface area contributed by atoms with Crippen LogP contribution in [0.1, 0.15) is 24.2 Å². The van der Waals surface area contributed by atoms with Crippen molar-refractivity contribution in [3.8, 4) is 11.5 Å². The highest BCUT2D eigenvalue weighted by molar-refractivity contribution is 5.98. The maximum atomic E-state index is 13.9. The van der Waals surface area contributed by atoms with E-state index in [1.54, 1.807) is 24.3 Å². The maximum absolute atomic E-state index is 13.9. The molecule has 1 N–H and O–H groups in total. The van der Waals surface area contributed by atoms with Crippen LogP contribution in [-0.4, -0.2) is 31.7 Å². The maximum Gasteiger partial charge on any atom is 0.341 e. The van der Waals surface area contributed by atoms with Gasteiger partial charge in [-0.2, -0.15) is 0 Å². The molecule has 6 nitrogen and oxygen atoms in total. The summed E-state index contributed by atoms with van der Waals surface area (Å²) in [5, 5.41) is 2.63. The Morgan fingerprint density at radius 3 is 2.58 bits per heavy atom. The first-order chi connectivity index (χ1) is 12.5. The predicted octanol–water partition coefficient (Wildman–Crippen LogP) is 3.42. The fraction of sp³-hybridized carbons (Fsp3) is 0.263. The zero-order chi connectivity index (χ0) is 19.1. The van der Waals surface area contributed by atoms with E-state index in [2.05, 4.69) is 5.32 Å². The Kier molecular flexibility index (Phi) is 6.54. The number of amides is 1. The monoisotopic (exact) mass is 361 g/mol. The Hall–Kier alpha value is -3.09. The van der Waals surface area contributed by atoms with Gasteiger partial charge in [0.1, 0.15) is 17.3 Å². The summed E-state index contributed by atoms with van der Waals surface area (Å²) in [6.45, 7) is 3.67. The molecule has 2 rings (SSSR count). The molecule has 0 aliphatic rings. The van der Waals surface area contributed by atoms with Gasteiger partial charge < -0.3 is 19.5 Å². The number of esters is 1. The average Bonchev–Trinajstić information content (AvgIpc) is 2.63. The number of rotatable bonds is 7. The molecule has 0 bridgehead atoms. The number of para-hydroxylation sites is 2. The molecule has 0 saturated heterocycles. The summed E-state index contributed by atoms with van der Waals surface area (Å²) in [5.74, 6) is -1.51. The van der Waals surface area contributed by atoms with E-state index in [4.69, 9.17) is 14.2 Å². The highest BCUT2D eigenvalue weighted by Gasteiger charge is 2.22. The van der Waals surface area contributed by atoms with Crippen molar-refractivity contribution in [1.29, 1.82) is 0 Å². The van der Waals surface area contributed by atoms with E-state index < -0.39 is 23.8 Å². The van der Waals surface area contributed by atoms with Crippen molar-refractivity contribution < 1.29 is 28.2 Å². The van der Waals surface area contributed by atoms with Gasteiger partial charge in [0.15, 0.2) is 6.10 Å². The molecule has 2 aromatic rings. The predicted molar refractivity (Wildman–Crippen MR) is 94.1 cm³/mol. The molecule has 0 heterocycles. The second-order valence-corrected chi connectivity index (χ2v) is 5.31. The third-order valence-corrected chi connectivity index (χ3v) is 3.49. The number of hydrogen-bond acceptors (Lipinski definition) is 5. The van der Waals surface area contributed by atoms with E-state index in [1.165, 1.54) is 26.2 Å². The lowest BCUT2D eigenvalue weighted by Crippen LogP contribution is -2.30. The van der Waals surface area contributed by atoms with Crippen molar-refractivity contribution in [3.63, 3.8) is 0 Å². The highest BCUT2D eigenvalue weighted by atomic mass is 19.1. The number of hydrogen-bond donors (Lipinski definition) is 1. The summed E-state index contributed by atoms with van der Waals surface area (Å²) in [5.41, 5.74) is 0.179. The fourth-order valence-corrected chi connectivity index (χ4v) is 2.15. The van der Waals surface area contributed by atoms with Crippen molar-refractivity contribution in [2.24, 2.45) is 0 Å². The van der Waals surface area contributed by atoms with E-state index in [1.807, 2.05) is 6.92 Å². The topological polar surface area (TPSA) is 73.9 Å². The smallest absolute Gasteiger partial charge is 0.341 e. The van der Waals surface area contributed by atoms with Crippen molar-refractivity contribution >= 4 is 17.6 Å². The van der Waals surface area contributed by atoms with E-state index in [0.29, 0.717) is 18.0 Å². The molecule has 0 aliphatic heterocycles. The molecule has 0 aromatic heterocycles. The van der Waals surface area contributed by atoms with Crippen LogP contribution in [-0.2, 0) is 9.53 Å². The van der Waals surface area contributed by atoms with Gasteiger partial charge >= 0.3 is 5.97 Å². The quantitative estimate of drug-likeness (QED) is 0.765. The molecule has 0 radical (unpaired) electrons. The van der Waals surface area contributed by atoms with E-state index in [-0.39, 0.29) is 11.3 Å².